The number of sulfonamides is 1. The van der Waals surface area contributed by atoms with E-state index in [1.165, 1.54) is 19.1 Å². The van der Waals surface area contributed by atoms with Crippen molar-refractivity contribution < 1.29 is 18.3 Å². The predicted molar refractivity (Wildman–Crippen MR) is 85.0 cm³/mol. The number of aliphatic carboxylic acids is 1. The molecule has 0 fully saturated rings. The maximum Gasteiger partial charge on any atom is 0.331 e. The standard InChI is InChI=1S/C16H15NO4S/c1-12(16(18)19)11-13-7-5-6-10-15(13)22(20,21)17-14-8-3-2-4-9-14/h2-11,17H,1H3,(H,18,19)/b12-11+. The minimum Gasteiger partial charge on any atom is -0.478 e. The fourth-order valence-electron chi connectivity index (χ4n) is 1.86. The first-order valence-electron chi connectivity index (χ1n) is 6.48. The maximum absolute atomic E-state index is 12.5. The van der Waals surface area contributed by atoms with E-state index in [4.69, 9.17) is 5.11 Å². The second-order valence-electron chi connectivity index (χ2n) is 4.64. The van der Waals surface area contributed by atoms with E-state index in [-0.39, 0.29) is 10.5 Å². The Kier molecular flexibility index (Phi) is 4.62. The normalized spacial score (nSPS) is 12.0. The zero-order valence-corrected chi connectivity index (χ0v) is 12.7. The average Bonchev–Trinajstić information content (AvgIpc) is 2.48. The van der Waals surface area contributed by atoms with Crippen molar-refractivity contribution in [3.63, 3.8) is 0 Å². The summed E-state index contributed by atoms with van der Waals surface area (Å²) in [5.41, 5.74) is 0.824. The Balaban J connectivity index is 2.44. The minimum absolute atomic E-state index is 0.0273. The molecule has 2 N–H and O–H groups in total. The van der Waals surface area contributed by atoms with Crippen molar-refractivity contribution in [3.8, 4) is 0 Å². The summed E-state index contributed by atoms with van der Waals surface area (Å²) in [5.74, 6) is -1.09. The van der Waals surface area contributed by atoms with Gasteiger partial charge in [0.15, 0.2) is 0 Å². The molecule has 6 heteroatoms. The predicted octanol–water partition coefficient (Wildman–Crippen LogP) is 2.98. The highest BCUT2D eigenvalue weighted by Gasteiger charge is 2.17. The van der Waals surface area contributed by atoms with E-state index < -0.39 is 16.0 Å². The summed E-state index contributed by atoms with van der Waals surface area (Å²) in [6.45, 7) is 1.41. The van der Waals surface area contributed by atoms with Gasteiger partial charge >= 0.3 is 5.97 Å². The molecule has 0 radical (unpaired) electrons. The van der Waals surface area contributed by atoms with Gasteiger partial charge in [0, 0.05) is 11.3 Å². The van der Waals surface area contributed by atoms with Crippen LogP contribution in [0.4, 0.5) is 5.69 Å². The third-order valence-electron chi connectivity index (χ3n) is 2.94. The molecule has 0 saturated carbocycles. The number of para-hydroxylation sites is 1. The van der Waals surface area contributed by atoms with Crippen LogP contribution in [0.25, 0.3) is 6.08 Å². The first-order valence-corrected chi connectivity index (χ1v) is 7.97. The first kappa shape index (κ1) is 15.8. The number of carbonyl (C=O) groups is 1. The van der Waals surface area contributed by atoms with Crippen molar-refractivity contribution in [2.24, 2.45) is 0 Å². The molecule has 5 nitrogen and oxygen atoms in total. The number of carboxylic acid groups (broad SMARTS) is 1. The van der Waals surface area contributed by atoms with E-state index in [2.05, 4.69) is 4.72 Å². The van der Waals surface area contributed by atoms with Gasteiger partial charge in [-0.05, 0) is 36.8 Å². The summed E-state index contributed by atoms with van der Waals surface area (Å²) in [6.07, 6.45) is 1.34. The Bertz CT molecular complexity index is 811. The number of rotatable bonds is 5. The zero-order valence-electron chi connectivity index (χ0n) is 11.9. The molecule has 0 amide bonds. The third kappa shape index (κ3) is 3.73. The van der Waals surface area contributed by atoms with Crippen LogP contribution >= 0.6 is 0 Å². The van der Waals surface area contributed by atoms with Crippen molar-refractivity contribution in [1.82, 2.24) is 0 Å². The molecule has 114 valence electrons. The summed E-state index contributed by atoms with van der Waals surface area (Å²) < 4.78 is 27.4. The Labute approximate surface area is 129 Å². The van der Waals surface area contributed by atoms with Gasteiger partial charge in [-0.15, -0.1) is 0 Å². The summed E-state index contributed by atoms with van der Waals surface area (Å²) in [4.78, 5) is 10.9. The summed E-state index contributed by atoms with van der Waals surface area (Å²) in [6, 6.07) is 14.7. The number of nitrogens with one attached hydrogen (secondary N) is 1. The topological polar surface area (TPSA) is 83.5 Å². The SMILES string of the molecule is C/C(=C\c1ccccc1S(=O)(=O)Nc1ccccc1)C(=O)O. The van der Waals surface area contributed by atoms with Crippen LogP contribution in [0, 0.1) is 0 Å². The van der Waals surface area contributed by atoms with Gasteiger partial charge in [-0.1, -0.05) is 36.4 Å². The summed E-state index contributed by atoms with van der Waals surface area (Å²) in [5, 5.41) is 8.94. The van der Waals surface area contributed by atoms with Crippen LogP contribution < -0.4 is 4.72 Å². The van der Waals surface area contributed by atoms with Crippen LogP contribution in [0.15, 0.2) is 65.1 Å². The smallest absolute Gasteiger partial charge is 0.331 e. The lowest BCUT2D eigenvalue weighted by Gasteiger charge is -2.10. The van der Waals surface area contributed by atoms with Gasteiger partial charge in [-0.2, -0.15) is 0 Å². The van der Waals surface area contributed by atoms with E-state index in [1.807, 2.05) is 0 Å². The molecule has 2 aromatic carbocycles. The van der Waals surface area contributed by atoms with E-state index in [0.29, 0.717) is 11.3 Å². The third-order valence-corrected chi connectivity index (χ3v) is 4.40. The Morgan fingerprint density at radius 1 is 1.05 bits per heavy atom. The maximum atomic E-state index is 12.5. The molecule has 0 atom stereocenters. The second kappa shape index (κ2) is 6.44. The van der Waals surface area contributed by atoms with Crippen molar-refractivity contribution in [1.29, 1.82) is 0 Å². The van der Waals surface area contributed by atoms with Crippen LogP contribution in [0.1, 0.15) is 12.5 Å². The van der Waals surface area contributed by atoms with E-state index in [1.54, 1.807) is 48.5 Å². The fraction of sp³-hybridized carbons (Fsp3) is 0.0625. The number of carboxylic acids is 1. The molecular weight excluding hydrogens is 302 g/mol. The quantitative estimate of drug-likeness (QED) is 0.830. The Morgan fingerprint density at radius 2 is 1.64 bits per heavy atom. The summed E-state index contributed by atoms with van der Waals surface area (Å²) in [7, 11) is -3.80. The van der Waals surface area contributed by atoms with E-state index in [0.717, 1.165) is 0 Å². The van der Waals surface area contributed by atoms with Gasteiger partial charge in [0.05, 0.1) is 4.90 Å². The van der Waals surface area contributed by atoms with Crippen LogP contribution in [-0.4, -0.2) is 19.5 Å². The van der Waals surface area contributed by atoms with Gasteiger partial charge < -0.3 is 5.11 Å². The number of benzene rings is 2. The monoisotopic (exact) mass is 317 g/mol. The fourth-order valence-corrected chi connectivity index (χ4v) is 3.11. The van der Waals surface area contributed by atoms with Crippen molar-refractivity contribution in [2.45, 2.75) is 11.8 Å². The first-order chi connectivity index (χ1) is 10.4. The lowest BCUT2D eigenvalue weighted by Crippen LogP contribution is -2.14. The Morgan fingerprint density at radius 3 is 2.27 bits per heavy atom. The molecule has 0 aliphatic rings. The molecular formula is C16H15NO4S. The highest BCUT2D eigenvalue weighted by atomic mass is 32.2. The van der Waals surface area contributed by atoms with Gasteiger partial charge in [-0.3, -0.25) is 4.72 Å². The van der Waals surface area contributed by atoms with Crippen molar-refractivity contribution in [3.05, 3.63) is 65.7 Å². The van der Waals surface area contributed by atoms with Crippen LogP contribution in [-0.2, 0) is 14.8 Å². The molecule has 0 saturated heterocycles. The second-order valence-corrected chi connectivity index (χ2v) is 6.29. The molecule has 22 heavy (non-hydrogen) atoms. The number of anilines is 1. The lowest BCUT2D eigenvalue weighted by atomic mass is 10.1. The Hall–Kier alpha value is -2.60. The van der Waals surface area contributed by atoms with Crippen molar-refractivity contribution >= 4 is 27.8 Å². The van der Waals surface area contributed by atoms with E-state index in [9.17, 15) is 13.2 Å². The van der Waals surface area contributed by atoms with Crippen LogP contribution in [0.2, 0.25) is 0 Å². The van der Waals surface area contributed by atoms with Gasteiger partial charge in [0.2, 0.25) is 0 Å². The van der Waals surface area contributed by atoms with Gasteiger partial charge in [0.25, 0.3) is 10.0 Å². The minimum atomic E-state index is -3.80. The largest absolute Gasteiger partial charge is 0.478 e. The van der Waals surface area contributed by atoms with Gasteiger partial charge in [0.1, 0.15) is 0 Å². The van der Waals surface area contributed by atoms with Crippen LogP contribution in [0.5, 0.6) is 0 Å². The molecule has 0 aromatic heterocycles. The highest BCUT2D eigenvalue weighted by Crippen LogP contribution is 2.21. The molecule has 0 bridgehead atoms. The van der Waals surface area contributed by atoms with E-state index >= 15 is 0 Å². The lowest BCUT2D eigenvalue weighted by molar-refractivity contribution is -0.132. The number of hydrogen-bond donors (Lipinski definition) is 2. The molecule has 0 aliphatic carbocycles. The highest BCUT2D eigenvalue weighted by molar-refractivity contribution is 7.92. The summed E-state index contributed by atoms with van der Waals surface area (Å²) >= 11 is 0. The molecule has 0 unspecified atom stereocenters. The van der Waals surface area contributed by atoms with Gasteiger partial charge in [-0.25, -0.2) is 13.2 Å². The molecule has 2 rings (SSSR count). The molecule has 0 spiro atoms. The van der Waals surface area contributed by atoms with Crippen LogP contribution in [0.3, 0.4) is 0 Å². The molecule has 0 heterocycles. The zero-order chi connectivity index (χ0) is 16.2. The average molecular weight is 317 g/mol. The molecule has 2 aromatic rings. The number of hydrogen-bond acceptors (Lipinski definition) is 3. The van der Waals surface area contributed by atoms with Crippen molar-refractivity contribution in [2.75, 3.05) is 4.72 Å². The molecule has 0 aliphatic heterocycles.